The summed E-state index contributed by atoms with van der Waals surface area (Å²) in [4.78, 5) is 10.1. The van der Waals surface area contributed by atoms with Gasteiger partial charge < -0.3 is 15.4 Å². The first-order valence-electron chi connectivity index (χ1n) is 4.36. The first-order chi connectivity index (χ1) is 6.30. The van der Waals surface area contributed by atoms with Gasteiger partial charge in [-0.05, 0) is 5.56 Å². The second kappa shape index (κ2) is 7.47. The van der Waals surface area contributed by atoms with Crippen molar-refractivity contribution >= 4 is 22.3 Å². The van der Waals surface area contributed by atoms with Gasteiger partial charge in [0, 0.05) is 0 Å². The Labute approximate surface area is 98.9 Å². The maximum atomic E-state index is 10.1. The third kappa shape index (κ3) is 13.2. The molecule has 0 saturated heterocycles. The summed E-state index contributed by atoms with van der Waals surface area (Å²) in [6.07, 6.45) is 0. The molecule has 0 heterocycles. The molecule has 0 amide bonds. The van der Waals surface area contributed by atoms with Gasteiger partial charge in [-0.2, -0.15) is 0 Å². The van der Waals surface area contributed by atoms with Crippen molar-refractivity contribution in [2.75, 3.05) is 0 Å². The third-order valence-electron chi connectivity index (χ3n) is 1.01. The normalized spacial score (nSPS) is 9.20. The summed E-state index contributed by atoms with van der Waals surface area (Å²) in [5, 5.41) is 10.1. The molecule has 2 N–H and O–H groups in total. The van der Waals surface area contributed by atoms with Crippen LogP contribution in [-0.4, -0.2) is 27.7 Å². The Morgan fingerprint density at radius 1 is 1.20 bits per heavy atom. The van der Waals surface area contributed by atoms with Gasteiger partial charge in [-0.3, -0.25) is 0 Å². The van der Waals surface area contributed by atoms with Gasteiger partial charge >= 0.3 is 41.3 Å². The number of rotatable bonds is 1. The van der Waals surface area contributed by atoms with E-state index in [1.165, 1.54) is 12.1 Å². The van der Waals surface area contributed by atoms with E-state index in [0.717, 1.165) is 0 Å². The quantitative estimate of drug-likeness (QED) is 0.654. The molecule has 0 fully saturated rings. The molecule has 1 aromatic carbocycles. The topological polar surface area (TPSA) is 71.6 Å². The van der Waals surface area contributed by atoms with Crippen LogP contribution < -0.4 is 5.11 Å². The van der Waals surface area contributed by atoms with Gasteiger partial charge in [0.15, 0.2) is 0 Å². The Hall–Kier alpha value is -0.818. The van der Waals surface area contributed by atoms with Crippen molar-refractivity contribution in [3.8, 4) is 0 Å². The molecule has 0 aliphatic carbocycles. The molecule has 0 bridgehead atoms. The molecule has 0 aromatic heterocycles. The molecule has 1 radical (unpaired) electrons. The predicted octanol–water partition coefficient (Wildman–Crippen LogP) is 0.599. The minimum Gasteiger partial charge on any atom is -0.545 e. The molecular formula is C11H16AlO3. The van der Waals surface area contributed by atoms with E-state index in [9.17, 15) is 9.90 Å². The van der Waals surface area contributed by atoms with Crippen LogP contribution in [0.1, 0.15) is 31.1 Å². The molecule has 0 atom stereocenters. The number of carboxylic acid groups (broad SMARTS) is 1. The van der Waals surface area contributed by atoms with E-state index in [2.05, 4.69) is 37.1 Å². The van der Waals surface area contributed by atoms with E-state index in [1.807, 2.05) is 0 Å². The zero-order valence-electron chi connectivity index (χ0n) is 9.28. The smallest absolute Gasteiger partial charge is 0.0715 e. The largest absolute Gasteiger partial charge is 0.545 e. The SMILES string of the molecule is C[C](C)(C)[Al+].O.O=C([O-])c1ccccc1. The maximum Gasteiger partial charge on any atom is 0.0715 e. The van der Waals surface area contributed by atoms with E-state index < -0.39 is 5.97 Å². The summed E-state index contributed by atoms with van der Waals surface area (Å²) in [7, 11) is 0. The Bertz CT molecular complexity index is 272. The Morgan fingerprint density at radius 3 is 1.73 bits per heavy atom. The van der Waals surface area contributed by atoms with Crippen LogP contribution in [0.15, 0.2) is 30.3 Å². The van der Waals surface area contributed by atoms with E-state index in [4.69, 9.17) is 0 Å². The van der Waals surface area contributed by atoms with Crippen LogP contribution in [0.2, 0.25) is 4.28 Å². The maximum absolute atomic E-state index is 10.1. The summed E-state index contributed by atoms with van der Waals surface area (Å²) in [5.41, 5.74) is 0.220. The van der Waals surface area contributed by atoms with Gasteiger partial charge in [0.2, 0.25) is 0 Å². The van der Waals surface area contributed by atoms with Crippen LogP contribution in [0.3, 0.4) is 0 Å². The molecule has 0 saturated carbocycles. The summed E-state index contributed by atoms with van der Waals surface area (Å²) in [6.45, 7) is 6.45. The van der Waals surface area contributed by atoms with Crippen molar-refractivity contribution in [2.24, 2.45) is 0 Å². The van der Waals surface area contributed by atoms with Crippen molar-refractivity contribution < 1.29 is 15.4 Å². The fourth-order valence-corrected chi connectivity index (χ4v) is 0.574. The zero-order valence-corrected chi connectivity index (χ0v) is 10.4. The molecule has 0 aliphatic heterocycles. The fourth-order valence-electron chi connectivity index (χ4n) is 0.574. The molecule has 0 unspecified atom stereocenters. The molecule has 81 valence electrons. The summed E-state index contributed by atoms with van der Waals surface area (Å²) >= 11 is 2.72. The third-order valence-corrected chi connectivity index (χ3v) is 1.01. The van der Waals surface area contributed by atoms with Crippen LogP contribution in [0.4, 0.5) is 0 Å². The van der Waals surface area contributed by atoms with Crippen molar-refractivity contribution in [2.45, 2.75) is 25.0 Å². The van der Waals surface area contributed by atoms with Gasteiger partial charge in [0.1, 0.15) is 0 Å². The predicted molar refractivity (Wildman–Crippen MR) is 59.9 cm³/mol. The van der Waals surface area contributed by atoms with Crippen LogP contribution in [0, 0.1) is 0 Å². The second-order valence-corrected chi connectivity index (χ2v) is 5.75. The molecule has 4 heteroatoms. The second-order valence-electron chi connectivity index (χ2n) is 4.02. The van der Waals surface area contributed by atoms with Gasteiger partial charge in [-0.25, -0.2) is 0 Å². The van der Waals surface area contributed by atoms with Crippen LogP contribution in [0.25, 0.3) is 0 Å². The van der Waals surface area contributed by atoms with Crippen LogP contribution >= 0.6 is 0 Å². The number of benzene rings is 1. The van der Waals surface area contributed by atoms with E-state index in [0.29, 0.717) is 4.28 Å². The minimum atomic E-state index is -1.13. The van der Waals surface area contributed by atoms with Gasteiger partial charge in [0.25, 0.3) is 0 Å². The molecule has 15 heavy (non-hydrogen) atoms. The number of carbonyl (C=O) groups excluding carboxylic acids is 1. The molecule has 0 spiro atoms. The molecule has 0 aliphatic rings. The number of hydrogen-bond donors (Lipinski definition) is 0. The van der Waals surface area contributed by atoms with Gasteiger partial charge in [-0.15, -0.1) is 0 Å². The van der Waals surface area contributed by atoms with E-state index in [-0.39, 0.29) is 11.0 Å². The summed E-state index contributed by atoms with van der Waals surface area (Å²) in [5.74, 6) is -1.13. The zero-order chi connectivity index (χ0) is 11.2. The average molecular weight is 223 g/mol. The van der Waals surface area contributed by atoms with E-state index >= 15 is 0 Å². The van der Waals surface area contributed by atoms with Gasteiger partial charge in [0.05, 0.1) is 5.97 Å². The Kier molecular flexibility index (Phi) is 8.27. The van der Waals surface area contributed by atoms with Crippen LogP contribution in [-0.2, 0) is 0 Å². The fraction of sp³-hybridized carbons (Fsp3) is 0.364. The average Bonchev–Trinajstić information content (AvgIpc) is 2.03. The number of carbonyl (C=O) groups is 1. The van der Waals surface area contributed by atoms with Crippen molar-refractivity contribution in [3.63, 3.8) is 0 Å². The van der Waals surface area contributed by atoms with Crippen molar-refractivity contribution in [3.05, 3.63) is 35.9 Å². The van der Waals surface area contributed by atoms with Crippen molar-refractivity contribution in [1.82, 2.24) is 0 Å². The minimum absolute atomic E-state index is 0. The molecule has 3 nitrogen and oxygen atoms in total. The number of carboxylic acids is 1. The standard InChI is InChI=1S/C7H6O2.C4H9.Al.H2O/c8-7(9)6-4-2-1-3-5-6;1-4(2)3;;/h1-5H,(H,8,9);1-3H3;;1H2/q;;+1;/p-1. The van der Waals surface area contributed by atoms with Crippen LogP contribution in [0.5, 0.6) is 0 Å². The Balaban J connectivity index is 0. The molecular weight excluding hydrogens is 207 g/mol. The summed E-state index contributed by atoms with van der Waals surface area (Å²) < 4.78 is 0.417. The van der Waals surface area contributed by atoms with Gasteiger partial charge in [-0.1, -0.05) is 30.3 Å². The Morgan fingerprint density at radius 2 is 1.53 bits per heavy atom. The first kappa shape index (κ1) is 16.6. The first-order valence-corrected chi connectivity index (χ1v) is 4.93. The molecule has 1 rings (SSSR count). The number of hydrogen-bond acceptors (Lipinski definition) is 2. The summed E-state index contributed by atoms with van der Waals surface area (Å²) in [6, 6.07) is 8.06. The number of aromatic carboxylic acids is 1. The monoisotopic (exact) mass is 223 g/mol. The van der Waals surface area contributed by atoms with E-state index in [1.54, 1.807) is 18.2 Å². The molecule has 1 aromatic rings. The van der Waals surface area contributed by atoms with Crippen molar-refractivity contribution in [1.29, 1.82) is 0 Å².